The van der Waals surface area contributed by atoms with Crippen LogP contribution in [0.1, 0.15) is 0 Å². The molecule has 0 aliphatic carbocycles. The second-order valence-electron chi connectivity index (χ2n) is 4.80. The van der Waals surface area contributed by atoms with Crippen LogP contribution in [0.3, 0.4) is 0 Å². The van der Waals surface area contributed by atoms with Gasteiger partial charge in [-0.1, -0.05) is 12.1 Å². The SMILES string of the molecule is CS(=O)(=O)C1CSCCN1CCNc1ccccc1Br. The van der Waals surface area contributed by atoms with Crippen molar-refractivity contribution in [1.82, 2.24) is 4.90 Å². The third kappa shape index (κ3) is 4.38. The number of benzene rings is 1. The molecule has 1 aromatic rings. The predicted octanol–water partition coefficient (Wildman–Crippen LogP) is 2.28. The zero-order chi connectivity index (χ0) is 14.6. The van der Waals surface area contributed by atoms with E-state index in [4.69, 9.17) is 0 Å². The molecule has 1 aliphatic rings. The van der Waals surface area contributed by atoms with E-state index >= 15 is 0 Å². The molecule has 0 bridgehead atoms. The molecule has 1 aliphatic heterocycles. The predicted molar refractivity (Wildman–Crippen MR) is 90.2 cm³/mol. The lowest BCUT2D eigenvalue weighted by Gasteiger charge is -2.34. The summed E-state index contributed by atoms with van der Waals surface area (Å²) >= 11 is 5.21. The topological polar surface area (TPSA) is 49.4 Å². The minimum absolute atomic E-state index is 0.345. The summed E-state index contributed by atoms with van der Waals surface area (Å²) in [5.74, 6) is 1.68. The number of anilines is 1. The van der Waals surface area contributed by atoms with Crippen LogP contribution >= 0.6 is 27.7 Å². The Morgan fingerprint density at radius 3 is 2.90 bits per heavy atom. The fourth-order valence-corrected chi connectivity index (χ4v) is 5.60. The van der Waals surface area contributed by atoms with E-state index in [9.17, 15) is 8.42 Å². The Morgan fingerprint density at radius 1 is 1.45 bits per heavy atom. The Kier molecular flexibility index (Phi) is 5.77. The van der Waals surface area contributed by atoms with Crippen molar-refractivity contribution in [2.24, 2.45) is 0 Å². The van der Waals surface area contributed by atoms with Gasteiger partial charge in [0, 0.05) is 47.6 Å². The van der Waals surface area contributed by atoms with Gasteiger partial charge in [-0.3, -0.25) is 4.90 Å². The fourth-order valence-electron chi connectivity index (χ4n) is 2.20. The molecule has 1 heterocycles. The highest BCUT2D eigenvalue weighted by atomic mass is 79.9. The van der Waals surface area contributed by atoms with E-state index in [1.807, 2.05) is 24.3 Å². The minimum atomic E-state index is -3.01. The second kappa shape index (κ2) is 7.15. The van der Waals surface area contributed by atoms with Gasteiger partial charge in [-0.25, -0.2) is 8.42 Å². The van der Waals surface area contributed by atoms with E-state index < -0.39 is 9.84 Å². The summed E-state index contributed by atoms with van der Waals surface area (Å²) in [6.45, 7) is 2.30. The molecule has 1 N–H and O–H groups in total. The molecule has 7 heteroatoms. The van der Waals surface area contributed by atoms with Crippen molar-refractivity contribution in [2.75, 3.05) is 42.7 Å². The third-order valence-corrected chi connectivity index (χ3v) is 6.65. The maximum atomic E-state index is 11.8. The first-order chi connectivity index (χ1) is 9.48. The van der Waals surface area contributed by atoms with Gasteiger partial charge in [0.05, 0.1) is 0 Å². The van der Waals surface area contributed by atoms with Crippen LogP contribution in [0, 0.1) is 0 Å². The van der Waals surface area contributed by atoms with Gasteiger partial charge in [-0.05, 0) is 28.1 Å². The van der Waals surface area contributed by atoms with E-state index in [1.165, 1.54) is 6.26 Å². The van der Waals surface area contributed by atoms with Crippen LogP contribution in [0.4, 0.5) is 5.69 Å². The number of sulfone groups is 1. The van der Waals surface area contributed by atoms with Gasteiger partial charge in [0.15, 0.2) is 9.84 Å². The lowest BCUT2D eigenvalue weighted by Crippen LogP contribution is -2.48. The number of hydrogen-bond acceptors (Lipinski definition) is 5. The Labute approximate surface area is 133 Å². The maximum absolute atomic E-state index is 11.8. The summed E-state index contributed by atoms with van der Waals surface area (Å²) in [4.78, 5) is 2.07. The van der Waals surface area contributed by atoms with E-state index in [-0.39, 0.29) is 5.37 Å². The summed E-state index contributed by atoms with van der Waals surface area (Å²) in [7, 11) is -3.01. The fraction of sp³-hybridized carbons (Fsp3) is 0.538. The summed E-state index contributed by atoms with van der Waals surface area (Å²) in [6.07, 6.45) is 1.33. The van der Waals surface area contributed by atoms with Gasteiger partial charge in [0.1, 0.15) is 5.37 Å². The Balaban J connectivity index is 1.91. The quantitative estimate of drug-likeness (QED) is 0.851. The first-order valence-electron chi connectivity index (χ1n) is 6.47. The van der Waals surface area contributed by atoms with Gasteiger partial charge in [-0.2, -0.15) is 11.8 Å². The number of halogens is 1. The number of thioether (sulfide) groups is 1. The van der Waals surface area contributed by atoms with E-state index in [0.717, 1.165) is 35.5 Å². The molecule has 0 spiro atoms. The molecule has 1 saturated heterocycles. The first kappa shape index (κ1) is 16.1. The number of nitrogens with one attached hydrogen (secondary N) is 1. The second-order valence-corrected chi connectivity index (χ2v) is 9.01. The molecule has 0 aromatic heterocycles. The summed E-state index contributed by atoms with van der Waals surface area (Å²) < 4.78 is 24.6. The summed E-state index contributed by atoms with van der Waals surface area (Å²) in [6, 6.07) is 7.93. The van der Waals surface area contributed by atoms with E-state index in [2.05, 4.69) is 26.1 Å². The van der Waals surface area contributed by atoms with E-state index in [1.54, 1.807) is 11.8 Å². The molecule has 1 unspecified atom stereocenters. The zero-order valence-electron chi connectivity index (χ0n) is 11.4. The standard InChI is InChI=1S/C13H19BrN2O2S2/c1-20(17,18)13-10-19-9-8-16(13)7-6-15-12-5-3-2-4-11(12)14/h2-5,13,15H,6-10H2,1H3. The summed E-state index contributed by atoms with van der Waals surface area (Å²) in [5.41, 5.74) is 1.04. The highest BCUT2D eigenvalue weighted by Crippen LogP contribution is 2.22. The monoisotopic (exact) mass is 378 g/mol. The maximum Gasteiger partial charge on any atom is 0.164 e. The smallest absolute Gasteiger partial charge is 0.164 e. The molecule has 2 rings (SSSR count). The molecule has 1 fully saturated rings. The Hall–Kier alpha value is -0.240. The third-order valence-electron chi connectivity index (χ3n) is 3.27. The lowest BCUT2D eigenvalue weighted by molar-refractivity contribution is 0.281. The number of rotatable bonds is 5. The van der Waals surface area contributed by atoms with Gasteiger partial charge >= 0.3 is 0 Å². The van der Waals surface area contributed by atoms with Crippen LogP contribution < -0.4 is 5.32 Å². The summed E-state index contributed by atoms with van der Waals surface area (Å²) in [5, 5.41) is 3.00. The van der Waals surface area contributed by atoms with Crippen LogP contribution in [-0.2, 0) is 9.84 Å². The van der Waals surface area contributed by atoms with E-state index in [0.29, 0.717) is 5.75 Å². The van der Waals surface area contributed by atoms with Crippen molar-refractivity contribution in [3.05, 3.63) is 28.7 Å². The number of para-hydroxylation sites is 1. The van der Waals surface area contributed by atoms with Gasteiger partial charge in [0.25, 0.3) is 0 Å². The van der Waals surface area contributed by atoms with Crippen LogP contribution in [0.2, 0.25) is 0 Å². The Morgan fingerprint density at radius 2 is 2.20 bits per heavy atom. The van der Waals surface area contributed by atoms with Crippen LogP contribution in [-0.4, -0.2) is 56.1 Å². The first-order valence-corrected chi connectivity index (χ1v) is 10.4. The molecule has 0 saturated carbocycles. The number of hydrogen-bond donors (Lipinski definition) is 1. The van der Waals surface area contributed by atoms with Crippen LogP contribution in [0.25, 0.3) is 0 Å². The van der Waals surface area contributed by atoms with Crippen LogP contribution in [0.5, 0.6) is 0 Å². The molecule has 1 atom stereocenters. The number of nitrogens with zero attached hydrogens (tertiary/aromatic N) is 1. The van der Waals surface area contributed by atoms with Crippen LogP contribution in [0.15, 0.2) is 28.7 Å². The van der Waals surface area contributed by atoms with Crippen molar-refractivity contribution < 1.29 is 8.42 Å². The van der Waals surface area contributed by atoms with Crippen molar-refractivity contribution in [3.63, 3.8) is 0 Å². The normalized spacial score (nSPS) is 20.8. The molecule has 20 heavy (non-hydrogen) atoms. The van der Waals surface area contributed by atoms with Gasteiger partial charge in [-0.15, -0.1) is 0 Å². The Bertz CT molecular complexity index is 551. The zero-order valence-corrected chi connectivity index (χ0v) is 14.6. The molecular formula is C13H19BrN2O2S2. The molecular weight excluding hydrogens is 360 g/mol. The van der Waals surface area contributed by atoms with Crippen molar-refractivity contribution in [1.29, 1.82) is 0 Å². The largest absolute Gasteiger partial charge is 0.383 e. The van der Waals surface area contributed by atoms with Gasteiger partial charge in [0.2, 0.25) is 0 Å². The van der Waals surface area contributed by atoms with Crippen molar-refractivity contribution >= 4 is 43.2 Å². The molecule has 112 valence electrons. The highest BCUT2D eigenvalue weighted by Gasteiger charge is 2.30. The highest BCUT2D eigenvalue weighted by molar-refractivity contribution is 9.10. The average molecular weight is 379 g/mol. The van der Waals surface area contributed by atoms with Gasteiger partial charge < -0.3 is 5.32 Å². The molecule has 4 nitrogen and oxygen atoms in total. The minimum Gasteiger partial charge on any atom is -0.383 e. The van der Waals surface area contributed by atoms with Crippen molar-refractivity contribution in [2.45, 2.75) is 5.37 Å². The lowest BCUT2D eigenvalue weighted by atomic mass is 10.3. The molecule has 0 radical (unpaired) electrons. The molecule has 0 amide bonds. The average Bonchev–Trinajstić information content (AvgIpc) is 2.40. The van der Waals surface area contributed by atoms with Crippen molar-refractivity contribution in [3.8, 4) is 0 Å². The molecule has 1 aromatic carbocycles.